The topological polar surface area (TPSA) is 122 Å². The van der Waals surface area contributed by atoms with Crippen LogP contribution in [-0.4, -0.2) is 39.1 Å². The third kappa shape index (κ3) is 5.40. The van der Waals surface area contributed by atoms with E-state index in [1.165, 1.54) is 24.3 Å². The van der Waals surface area contributed by atoms with Crippen molar-refractivity contribution in [3.8, 4) is 0 Å². The van der Waals surface area contributed by atoms with Crippen molar-refractivity contribution in [2.75, 3.05) is 18.9 Å². The van der Waals surface area contributed by atoms with Gasteiger partial charge in [-0.2, -0.15) is 0 Å². The average molecular weight is 316 g/mol. The van der Waals surface area contributed by atoms with E-state index >= 15 is 0 Å². The predicted octanol–water partition coefficient (Wildman–Crippen LogP) is 0.0634. The Bertz CT molecular complexity index is 593. The van der Waals surface area contributed by atoms with E-state index in [9.17, 15) is 22.6 Å². The maximum Gasteiger partial charge on any atom is 0.320 e. The quantitative estimate of drug-likeness (QED) is 0.447. The average Bonchev–Trinajstić information content (AvgIpc) is 2.43. The fourth-order valence-corrected chi connectivity index (χ4v) is 2.06. The summed E-state index contributed by atoms with van der Waals surface area (Å²) in [5.41, 5.74) is 0.658. The summed E-state index contributed by atoms with van der Waals surface area (Å²) in [6.07, 6.45) is 0.0315. The summed E-state index contributed by atoms with van der Waals surface area (Å²) in [6.45, 7) is 0. The van der Waals surface area contributed by atoms with Crippen LogP contribution >= 0.6 is 0 Å². The van der Waals surface area contributed by atoms with Crippen molar-refractivity contribution in [3.63, 3.8) is 0 Å². The molecule has 1 aromatic rings. The molecular formula is C12H14NO7S-. The van der Waals surface area contributed by atoms with E-state index in [1.807, 2.05) is 0 Å². The molecule has 0 bridgehead atoms. The highest BCUT2D eigenvalue weighted by atomic mass is 32.2. The second-order valence-corrected chi connectivity index (χ2v) is 5.17. The zero-order valence-corrected chi connectivity index (χ0v) is 12.2. The Morgan fingerprint density at radius 3 is 2.00 bits per heavy atom. The lowest BCUT2D eigenvalue weighted by atomic mass is 9.99. The Labute approximate surface area is 121 Å². The molecule has 0 aliphatic heterocycles. The van der Waals surface area contributed by atoms with E-state index < -0.39 is 28.2 Å². The number of hydrogen-bond acceptors (Lipinski definition) is 7. The number of carbonyl (C=O) groups is 2. The van der Waals surface area contributed by atoms with Crippen LogP contribution in [0, 0.1) is 5.92 Å². The van der Waals surface area contributed by atoms with Crippen molar-refractivity contribution in [1.82, 2.24) is 0 Å². The van der Waals surface area contributed by atoms with Gasteiger partial charge in [-0.15, -0.1) is 0 Å². The van der Waals surface area contributed by atoms with E-state index in [-0.39, 0.29) is 12.1 Å². The van der Waals surface area contributed by atoms with Gasteiger partial charge in [-0.1, -0.05) is 12.1 Å². The van der Waals surface area contributed by atoms with Crippen LogP contribution in [0.15, 0.2) is 24.3 Å². The van der Waals surface area contributed by atoms with Gasteiger partial charge in [0.15, 0.2) is 16.2 Å². The molecule has 21 heavy (non-hydrogen) atoms. The first-order valence-corrected chi connectivity index (χ1v) is 7.16. The molecule has 0 aromatic heterocycles. The summed E-state index contributed by atoms with van der Waals surface area (Å²) < 4.78 is 42.4. The molecule has 0 saturated carbocycles. The monoisotopic (exact) mass is 316 g/mol. The van der Waals surface area contributed by atoms with Crippen LogP contribution in [0.4, 0.5) is 5.69 Å². The van der Waals surface area contributed by atoms with Gasteiger partial charge >= 0.3 is 11.9 Å². The first kappa shape index (κ1) is 16.9. The van der Waals surface area contributed by atoms with Crippen molar-refractivity contribution in [2.45, 2.75) is 6.42 Å². The number of rotatable bonds is 6. The molecule has 0 unspecified atom stereocenters. The molecule has 0 radical (unpaired) electrons. The number of carbonyl (C=O) groups excluding carboxylic acids is 2. The van der Waals surface area contributed by atoms with E-state index in [0.29, 0.717) is 5.56 Å². The number of nitrogens with one attached hydrogen (secondary N) is 1. The third-order valence-electron chi connectivity index (χ3n) is 2.61. The maximum atomic E-state index is 11.5. The van der Waals surface area contributed by atoms with Crippen molar-refractivity contribution >= 4 is 27.9 Å². The molecule has 9 heteroatoms. The summed E-state index contributed by atoms with van der Waals surface area (Å²) in [5, 5.41) is 0. The van der Waals surface area contributed by atoms with Crippen LogP contribution in [0.5, 0.6) is 0 Å². The molecule has 0 fully saturated rings. The second-order valence-electron chi connectivity index (χ2n) is 4.06. The van der Waals surface area contributed by atoms with Gasteiger partial charge in [-0.05, 0) is 24.1 Å². The SMILES string of the molecule is COC(=O)C(Cc1ccc(NS(=O)(=O)[O-])cc1)C(=O)OC. The lowest BCUT2D eigenvalue weighted by Gasteiger charge is -2.13. The van der Waals surface area contributed by atoms with Gasteiger partial charge in [-0.3, -0.25) is 14.3 Å². The minimum Gasteiger partial charge on any atom is -0.731 e. The van der Waals surface area contributed by atoms with Gasteiger partial charge in [0.2, 0.25) is 0 Å². The van der Waals surface area contributed by atoms with Crippen molar-refractivity contribution < 1.29 is 32.0 Å². The number of esters is 2. The number of hydrogen-bond donors (Lipinski definition) is 1. The second kappa shape index (κ2) is 7.04. The zero-order valence-electron chi connectivity index (χ0n) is 11.4. The minimum atomic E-state index is -4.60. The van der Waals surface area contributed by atoms with E-state index in [2.05, 4.69) is 9.47 Å². The molecule has 1 rings (SSSR count). The van der Waals surface area contributed by atoms with Gasteiger partial charge in [0.25, 0.3) is 0 Å². The molecule has 0 aliphatic carbocycles. The Kier molecular flexibility index (Phi) is 5.68. The summed E-state index contributed by atoms with van der Waals surface area (Å²) in [4.78, 5) is 23.0. The smallest absolute Gasteiger partial charge is 0.320 e. The molecule has 0 aliphatic rings. The normalized spacial score (nSPS) is 11.0. The van der Waals surface area contributed by atoms with Gasteiger partial charge in [0.05, 0.1) is 14.2 Å². The largest absolute Gasteiger partial charge is 0.731 e. The summed E-state index contributed by atoms with van der Waals surface area (Å²) in [6, 6.07) is 5.64. The number of methoxy groups -OCH3 is 2. The van der Waals surface area contributed by atoms with Crippen LogP contribution in [0.3, 0.4) is 0 Å². The molecular weight excluding hydrogens is 302 g/mol. The zero-order chi connectivity index (χ0) is 16.0. The standard InChI is InChI=1S/C12H15NO7S/c1-19-11(14)10(12(15)20-2)7-8-3-5-9(6-4-8)13-21(16,17)18/h3-6,10,13H,7H2,1-2H3,(H,16,17,18)/p-1. The highest BCUT2D eigenvalue weighted by Crippen LogP contribution is 2.16. The van der Waals surface area contributed by atoms with Gasteiger partial charge < -0.3 is 14.0 Å². The van der Waals surface area contributed by atoms with Crippen molar-refractivity contribution in [1.29, 1.82) is 0 Å². The van der Waals surface area contributed by atoms with E-state index in [4.69, 9.17) is 0 Å². The number of benzene rings is 1. The first-order chi connectivity index (χ1) is 9.76. The Hall–Kier alpha value is -2.13. The van der Waals surface area contributed by atoms with Crippen LogP contribution < -0.4 is 4.72 Å². The number of anilines is 1. The molecule has 1 aromatic carbocycles. The highest BCUT2D eigenvalue weighted by molar-refractivity contribution is 7.87. The maximum absolute atomic E-state index is 11.5. The summed E-state index contributed by atoms with van der Waals surface area (Å²) in [5.74, 6) is -2.57. The highest BCUT2D eigenvalue weighted by Gasteiger charge is 2.28. The van der Waals surface area contributed by atoms with Crippen LogP contribution in [0.1, 0.15) is 5.56 Å². The lowest BCUT2D eigenvalue weighted by molar-refractivity contribution is -0.158. The van der Waals surface area contributed by atoms with Crippen molar-refractivity contribution in [2.24, 2.45) is 5.92 Å². The van der Waals surface area contributed by atoms with Gasteiger partial charge in [-0.25, -0.2) is 8.42 Å². The molecule has 116 valence electrons. The summed E-state index contributed by atoms with van der Waals surface area (Å²) >= 11 is 0. The molecule has 1 N–H and O–H groups in total. The molecule has 0 atom stereocenters. The van der Waals surface area contributed by atoms with Crippen molar-refractivity contribution in [3.05, 3.63) is 29.8 Å². The fourth-order valence-electron chi connectivity index (χ4n) is 1.64. The van der Waals surface area contributed by atoms with Crippen LogP contribution in [0.2, 0.25) is 0 Å². The van der Waals surface area contributed by atoms with Crippen LogP contribution in [-0.2, 0) is 35.8 Å². The predicted molar refractivity (Wildman–Crippen MR) is 71.0 cm³/mol. The molecule has 8 nitrogen and oxygen atoms in total. The Balaban J connectivity index is 2.86. The Morgan fingerprint density at radius 1 is 1.14 bits per heavy atom. The van der Waals surface area contributed by atoms with Crippen LogP contribution in [0.25, 0.3) is 0 Å². The summed E-state index contributed by atoms with van der Waals surface area (Å²) in [7, 11) is -2.28. The molecule has 0 spiro atoms. The minimum absolute atomic E-state index is 0.0315. The molecule has 0 amide bonds. The fraction of sp³-hybridized carbons (Fsp3) is 0.333. The third-order valence-corrected chi connectivity index (χ3v) is 3.09. The lowest BCUT2D eigenvalue weighted by Crippen LogP contribution is -2.28. The first-order valence-electron chi connectivity index (χ1n) is 5.75. The molecule has 0 saturated heterocycles. The van der Waals surface area contributed by atoms with Gasteiger partial charge in [0.1, 0.15) is 0 Å². The number of ether oxygens (including phenoxy) is 2. The van der Waals surface area contributed by atoms with E-state index in [0.717, 1.165) is 14.2 Å². The van der Waals surface area contributed by atoms with E-state index in [1.54, 1.807) is 4.72 Å². The Morgan fingerprint density at radius 2 is 1.62 bits per heavy atom. The molecule has 0 heterocycles. The van der Waals surface area contributed by atoms with Gasteiger partial charge in [0, 0.05) is 5.69 Å².